The number of hydrogen-bond donors (Lipinski definition) is 3. The lowest BCUT2D eigenvalue weighted by atomic mass is 9.81. The monoisotopic (exact) mass is 357 g/mol. The Morgan fingerprint density at radius 2 is 1.96 bits per heavy atom. The van der Waals surface area contributed by atoms with Crippen LogP contribution in [0.4, 0.5) is 0 Å². The summed E-state index contributed by atoms with van der Waals surface area (Å²) in [4.78, 5) is 24.1. The van der Waals surface area contributed by atoms with Gasteiger partial charge in [-0.05, 0) is 43.5 Å². The van der Waals surface area contributed by atoms with Crippen molar-refractivity contribution in [2.45, 2.75) is 24.7 Å². The Bertz CT molecular complexity index is 548. The van der Waals surface area contributed by atoms with Gasteiger partial charge in [-0.2, -0.15) is 0 Å². The molecule has 0 radical (unpaired) electrons. The third-order valence-corrected chi connectivity index (χ3v) is 5.08. The average Bonchev–Trinajstić information content (AvgIpc) is 2.52. The van der Waals surface area contributed by atoms with Crippen LogP contribution in [0, 0.1) is 5.41 Å². The Morgan fingerprint density at radius 1 is 1.30 bits per heavy atom. The number of primary amides is 1. The molecular formula is C16H24ClN3O2S. The van der Waals surface area contributed by atoms with E-state index in [-0.39, 0.29) is 35.4 Å². The number of piperidine rings is 1. The zero-order chi connectivity index (χ0) is 16.0. The zero-order valence-corrected chi connectivity index (χ0v) is 14.9. The van der Waals surface area contributed by atoms with Gasteiger partial charge >= 0.3 is 0 Å². The van der Waals surface area contributed by atoms with Crippen molar-refractivity contribution in [1.29, 1.82) is 0 Å². The Balaban J connectivity index is 0.00000264. The molecule has 4 N–H and O–H groups in total. The van der Waals surface area contributed by atoms with E-state index >= 15 is 0 Å². The van der Waals surface area contributed by atoms with E-state index in [0.717, 1.165) is 30.8 Å². The van der Waals surface area contributed by atoms with E-state index in [1.807, 2.05) is 18.2 Å². The van der Waals surface area contributed by atoms with Crippen molar-refractivity contribution in [2.75, 3.05) is 25.4 Å². The first-order valence-corrected chi connectivity index (χ1v) is 8.48. The van der Waals surface area contributed by atoms with Crippen LogP contribution in [0.25, 0.3) is 0 Å². The van der Waals surface area contributed by atoms with Gasteiger partial charge in [-0.25, -0.2) is 0 Å². The summed E-state index contributed by atoms with van der Waals surface area (Å²) in [5.74, 6) is -0.303. The maximum Gasteiger partial charge on any atom is 0.252 e. The van der Waals surface area contributed by atoms with Crippen LogP contribution < -0.4 is 16.4 Å². The van der Waals surface area contributed by atoms with Crippen molar-refractivity contribution in [1.82, 2.24) is 10.6 Å². The highest BCUT2D eigenvalue weighted by Gasteiger charge is 2.27. The fourth-order valence-corrected chi connectivity index (χ4v) is 3.31. The highest BCUT2D eigenvalue weighted by atomic mass is 35.5. The summed E-state index contributed by atoms with van der Waals surface area (Å²) >= 11 is 1.30. The number of benzene rings is 1. The molecule has 2 amide bonds. The molecule has 23 heavy (non-hydrogen) atoms. The first-order valence-electron chi connectivity index (χ1n) is 7.49. The molecule has 1 fully saturated rings. The van der Waals surface area contributed by atoms with E-state index in [2.05, 4.69) is 17.6 Å². The summed E-state index contributed by atoms with van der Waals surface area (Å²) in [5, 5.41) is 6.38. The van der Waals surface area contributed by atoms with E-state index in [0.29, 0.717) is 12.1 Å². The third kappa shape index (κ3) is 6.05. The highest BCUT2D eigenvalue weighted by Crippen LogP contribution is 2.27. The summed E-state index contributed by atoms with van der Waals surface area (Å²) in [7, 11) is 0. The van der Waals surface area contributed by atoms with Crippen molar-refractivity contribution in [3.8, 4) is 0 Å². The number of halogens is 1. The van der Waals surface area contributed by atoms with Gasteiger partial charge in [0.1, 0.15) is 0 Å². The Hall–Kier alpha value is -1.24. The molecule has 0 unspecified atom stereocenters. The van der Waals surface area contributed by atoms with Crippen LogP contribution in [0.3, 0.4) is 0 Å². The van der Waals surface area contributed by atoms with Crippen LogP contribution in [0.15, 0.2) is 29.2 Å². The highest BCUT2D eigenvalue weighted by molar-refractivity contribution is 8.00. The van der Waals surface area contributed by atoms with Crippen molar-refractivity contribution in [3.63, 3.8) is 0 Å². The Labute approximate surface area is 147 Å². The van der Waals surface area contributed by atoms with Crippen LogP contribution in [0.1, 0.15) is 30.1 Å². The smallest absolute Gasteiger partial charge is 0.252 e. The predicted octanol–water partition coefficient (Wildman–Crippen LogP) is 1.81. The lowest BCUT2D eigenvalue weighted by Crippen LogP contribution is -2.43. The second-order valence-electron chi connectivity index (χ2n) is 5.99. The Morgan fingerprint density at radius 3 is 2.61 bits per heavy atom. The standard InChI is InChI=1S/C16H23N3O2S.ClH/c1-16(6-8-18-9-7-16)11-19-15(21)12-4-2-3-5-13(12)22-10-14(17)20;/h2-5,18H,6-11H2,1H3,(H2,17,20)(H,19,21);1H. The molecule has 2 rings (SSSR count). The number of carbonyl (C=O) groups excluding carboxylic acids is 2. The maximum atomic E-state index is 12.4. The van der Waals surface area contributed by atoms with Gasteiger partial charge in [0, 0.05) is 11.4 Å². The first-order chi connectivity index (χ1) is 10.5. The van der Waals surface area contributed by atoms with Crippen molar-refractivity contribution >= 4 is 36.0 Å². The van der Waals surface area contributed by atoms with Crippen molar-refractivity contribution in [2.24, 2.45) is 11.1 Å². The lowest BCUT2D eigenvalue weighted by Gasteiger charge is -2.34. The van der Waals surface area contributed by atoms with E-state index in [4.69, 9.17) is 5.73 Å². The third-order valence-electron chi connectivity index (χ3n) is 3.99. The zero-order valence-electron chi connectivity index (χ0n) is 13.3. The molecule has 1 heterocycles. The van der Waals surface area contributed by atoms with Gasteiger partial charge < -0.3 is 16.4 Å². The van der Waals surface area contributed by atoms with Gasteiger partial charge in [-0.1, -0.05) is 19.1 Å². The fourth-order valence-electron chi connectivity index (χ4n) is 2.52. The summed E-state index contributed by atoms with van der Waals surface area (Å²) in [6, 6.07) is 7.31. The van der Waals surface area contributed by atoms with Crippen LogP contribution in [-0.2, 0) is 4.79 Å². The van der Waals surface area contributed by atoms with E-state index in [9.17, 15) is 9.59 Å². The number of carbonyl (C=O) groups is 2. The molecule has 1 aliphatic heterocycles. The first kappa shape index (κ1) is 19.8. The predicted molar refractivity (Wildman–Crippen MR) is 96.2 cm³/mol. The van der Waals surface area contributed by atoms with Crippen molar-refractivity contribution in [3.05, 3.63) is 29.8 Å². The van der Waals surface area contributed by atoms with Crippen LogP contribution in [0.5, 0.6) is 0 Å². The molecule has 128 valence electrons. The van der Waals surface area contributed by atoms with E-state index < -0.39 is 0 Å². The lowest BCUT2D eigenvalue weighted by molar-refractivity contribution is -0.115. The fraction of sp³-hybridized carbons (Fsp3) is 0.500. The number of nitrogens with two attached hydrogens (primary N) is 1. The van der Waals surface area contributed by atoms with Gasteiger partial charge in [0.25, 0.3) is 5.91 Å². The largest absolute Gasteiger partial charge is 0.369 e. The molecule has 1 aliphatic rings. The Kier molecular flexibility index (Phi) is 7.88. The molecule has 0 atom stereocenters. The number of rotatable bonds is 6. The molecule has 0 aromatic heterocycles. The number of hydrogen-bond acceptors (Lipinski definition) is 4. The SMILES string of the molecule is CC1(CNC(=O)c2ccccc2SCC(N)=O)CCNCC1.Cl. The molecule has 1 aromatic carbocycles. The summed E-state index contributed by atoms with van der Waals surface area (Å²) in [5.41, 5.74) is 5.93. The molecule has 0 saturated carbocycles. The number of thioether (sulfide) groups is 1. The maximum absolute atomic E-state index is 12.4. The molecular weight excluding hydrogens is 334 g/mol. The minimum absolute atomic E-state index is 0. The minimum atomic E-state index is -0.387. The second kappa shape index (κ2) is 9.15. The van der Waals surface area contributed by atoms with E-state index in [1.54, 1.807) is 6.07 Å². The van der Waals surface area contributed by atoms with Crippen LogP contribution >= 0.6 is 24.2 Å². The molecule has 0 spiro atoms. The van der Waals surface area contributed by atoms with Gasteiger partial charge in [0.15, 0.2) is 0 Å². The molecule has 0 aliphatic carbocycles. The number of amides is 2. The summed E-state index contributed by atoms with van der Waals surface area (Å²) < 4.78 is 0. The van der Waals surface area contributed by atoms with Crippen molar-refractivity contribution < 1.29 is 9.59 Å². The van der Waals surface area contributed by atoms with Gasteiger partial charge in [0.2, 0.25) is 5.91 Å². The van der Waals surface area contributed by atoms with Gasteiger partial charge in [0.05, 0.1) is 11.3 Å². The van der Waals surface area contributed by atoms with Gasteiger partial charge in [-0.15, -0.1) is 24.2 Å². The quantitative estimate of drug-likeness (QED) is 0.678. The second-order valence-corrected chi connectivity index (χ2v) is 7.01. The van der Waals surface area contributed by atoms with Crippen LogP contribution in [-0.4, -0.2) is 37.2 Å². The molecule has 7 heteroatoms. The topological polar surface area (TPSA) is 84.2 Å². The van der Waals surface area contributed by atoms with Crippen LogP contribution in [0.2, 0.25) is 0 Å². The van der Waals surface area contributed by atoms with E-state index in [1.165, 1.54) is 11.8 Å². The minimum Gasteiger partial charge on any atom is -0.369 e. The summed E-state index contributed by atoms with van der Waals surface area (Å²) in [6.07, 6.45) is 2.12. The molecule has 5 nitrogen and oxygen atoms in total. The average molecular weight is 358 g/mol. The molecule has 0 bridgehead atoms. The normalized spacial score (nSPS) is 16.2. The molecule has 1 aromatic rings. The van der Waals surface area contributed by atoms with Gasteiger partial charge in [-0.3, -0.25) is 9.59 Å². The number of nitrogens with one attached hydrogen (secondary N) is 2. The summed E-state index contributed by atoms with van der Waals surface area (Å²) in [6.45, 7) is 4.87. The molecule has 1 saturated heterocycles.